The smallest absolute Gasteiger partial charge is 0.332 e. The lowest BCUT2D eigenvalue weighted by Crippen LogP contribution is -2.49. The largest absolute Gasteiger partial charge is 0.355 e. The predicted octanol–water partition coefficient (Wildman–Crippen LogP) is 1.02. The van der Waals surface area contributed by atoms with Gasteiger partial charge in [0.05, 0.1) is 6.26 Å². The second-order valence-electron chi connectivity index (χ2n) is 8.10. The molecular weight excluding hydrogens is 454 g/mol. The number of aryl methyl sites for hydroxylation is 1. The van der Waals surface area contributed by atoms with Crippen LogP contribution in [-0.2, 0) is 30.5 Å². The summed E-state index contributed by atoms with van der Waals surface area (Å²) in [5, 5.41) is 0. The molecule has 0 saturated carbocycles. The quantitative estimate of drug-likeness (QED) is 0.561. The molecule has 0 bridgehead atoms. The maximum absolute atomic E-state index is 12.1. The van der Waals surface area contributed by atoms with Crippen molar-refractivity contribution in [3.8, 4) is 0 Å². The third kappa shape index (κ3) is 6.85. The SMILES string of the molecule is Cl.Cn1c(N2CCN(CCCCc3ccc(NS(C)(=O)=O)cc3)CC2)cc(=O)n(C)c1=O. The topological polar surface area (TPSA) is 96.7 Å². The molecule has 32 heavy (non-hydrogen) atoms. The number of hydrogen-bond donors (Lipinski definition) is 1. The van der Waals surface area contributed by atoms with E-state index < -0.39 is 10.0 Å². The van der Waals surface area contributed by atoms with Crippen LogP contribution >= 0.6 is 12.4 Å². The summed E-state index contributed by atoms with van der Waals surface area (Å²) in [6, 6.07) is 9.04. The molecule has 0 spiro atoms. The number of hydrogen-bond acceptors (Lipinski definition) is 6. The molecule has 3 rings (SSSR count). The molecule has 1 saturated heterocycles. The lowest BCUT2D eigenvalue weighted by molar-refractivity contribution is 0.251. The van der Waals surface area contributed by atoms with E-state index in [1.54, 1.807) is 19.2 Å². The van der Waals surface area contributed by atoms with E-state index in [1.165, 1.54) is 23.2 Å². The van der Waals surface area contributed by atoms with Crippen LogP contribution in [0.3, 0.4) is 0 Å². The fraction of sp³-hybridized carbons (Fsp3) is 0.524. The number of rotatable bonds is 8. The summed E-state index contributed by atoms with van der Waals surface area (Å²) in [6.07, 6.45) is 4.23. The molecule has 1 N–H and O–H groups in total. The average Bonchev–Trinajstić information content (AvgIpc) is 2.73. The van der Waals surface area contributed by atoms with Crippen LogP contribution < -0.4 is 20.9 Å². The van der Waals surface area contributed by atoms with Gasteiger partial charge in [-0.05, 0) is 43.5 Å². The van der Waals surface area contributed by atoms with Gasteiger partial charge in [0.2, 0.25) is 10.0 Å². The van der Waals surface area contributed by atoms with E-state index in [0.717, 1.165) is 62.8 Å². The number of unbranched alkanes of at least 4 members (excludes halogenated alkanes) is 1. The number of nitrogens with zero attached hydrogens (tertiary/aromatic N) is 4. The Kier molecular flexibility index (Phi) is 8.94. The molecule has 1 aliphatic rings. The van der Waals surface area contributed by atoms with Gasteiger partial charge in [0, 0.05) is 52.0 Å². The van der Waals surface area contributed by atoms with Crippen molar-refractivity contribution >= 4 is 33.9 Å². The van der Waals surface area contributed by atoms with Crippen LogP contribution in [0.25, 0.3) is 0 Å². The Morgan fingerprint density at radius 2 is 1.56 bits per heavy atom. The minimum absolute atomic E-state index is 0. The Hall–Kier alpha value is -2.30. The van der Waals surface area contributed by atoms with Crippen LogP contribution in [0.2, 0.25) is 0 Å². The van der Waals surface area contributed by atoms with E-state index >= 15 is 0 Å². The van der Waals surface area contributed by atoms with Crippen LogP contribution in [0.4, 0.5) is 11.5 Å². The van der Waals surface area contributed by atoms with Crippen molar-refractivity contribution in [1.82, 2.24) is 14.0 Å². The minimum Gasteiger partial charge on any atom is -0.355 e. The number of benzene rings is 1. The number of aromatic nitrogens is 2. The Balaban J connectivity index is 0.00000363. The van der Waals surface area contributed by atoms with Gasteiger partial charge in [0.1, 0.15) is 5.82 Å². The van der Waals surface area contributed by atoms with Gasteiger partial charge >= 0.3 is 5.69 Å². The van der Waals surface area contributed by atoms with Crippen LogP contribution in [0.5, 0.6) is 0 Å². The molecule has 1 fully saturated rings. The van der Waals surface area contributed by atoms with Crippen molar-refractivity contribution in [3.05, 3.63) is 56.7 Å². The third-order valence-electron chi connectivity index (χ3n) is 5.64. The van der Waals surface area contributed by atoms with E-state index in [9.17, 15) is 18.0 Å². The summed E-state index contributed by atoms with van der Waals surface area (Å²) in [7, 11) is -0.0511. The van der Waals surface area contributed by atoms with E-state index in [1.807, 2.05) is 12.1 Å². The number of sulfonamides is 1. The summed E-state index contributed by atoms with van der Waals surface area (Å²) < 4.78 is 27.6. The molecule has 0 amide bonds. The number of halogens is 1. The first kappa shape index (κ1) is 26.0. The first-order valence-electron chi connectivity index (χ1n) is 10.4. The number of anilines is 2. The molecule has 0 atom stereocenters. The zero-order valence-corrected chi connectivity index (χ0v) is 20.4. The Morgan fingerprint density at radius 3 is 2.16 bits per heavy atom. The summed E-state index contributed by atoms with van der Waals surface area (Å²) in [4.78, 5) is 28.6. The highest BCUT2D eigenvalue weighted by atomic mass is 35.5. The zero-order valence-electron chi connectivity index (χ0n) is 18.8. The van der Waals surface area contributed by atoms with E-state index in [0.29, 0.717) is 11.5 Å². The maximum Gasteiger partial charge on any atom is 0.332 e. The van der Waals surface area contributed by atoms with Crippen molar-refractivity contribution in [2.75, 3.05) is 48.6 Å². The van der Waals surface area contributed by atoms with Gasteiger partial charge < -0.3 is 4.90 Å². The van der Waals surface area contributed by atoms with Crippen molar-refractivity contribution in [1.29, 1.82) is 0 Å². The molecule has 0 aliphatic carbocycles. The van der Waals surface area contributed by atoms with Crippen LogP contribution in [-0.4, -0.2) is 61.4 Å². The number of piperazine rings is 1. The molecule has 1 aromatic carbocycles. The molecule has 2 heterocycles. The molecule has 1 aromatic heterocycles. The summed E-state index contributed by atoms with van der Waals surface area (Å²) >= 11 is 0. The molecular formula is C21H32ClN5O4S. The third-order valence-corrected chi connectivity index (χ3v) is 6.25. The van der Waals surface area contributed by atoms with Gasteiger partial charge in [-0.2, -0.15) is 0 Å². The predicted molar refractivity (Wildman–Crippen MR) is 131 cm³/mol. The lowest BCUT2D eigenvalue weighted by atomic mass is 10.1. The molecule has 0 radical (unpaired) electrons. The first-order chi connectivity index (χ1) is 14.6. The van der Waals surface area contributed by atoms with Gasteiger partial charge in [0.25, 0.3) is 5.56 Å². The second kappa shape index (κ2) is 11.0. The molecule has 0 unspecified atom stereocenters. The van der Waals surface area contributed by atoms with Crippen LogP contribution in [0, 0.1) is 0 Å². The van der Waals surface area contributed by atoms with Crippen molar-refractivity contribution < 1.29 is 8.42 Å². The van der Waals surface area contributed by atoms with Gasteiger partial charge in [-0.1, -0.05) is 12.1 Å². The zero-order chi connectivity index (χ0) is 22.6. The van der Waals surface area contributed by atoms with Gasteiger partial charge in [-0.3, -0.25) is 23.6 Å². The van der Waals surface area contributed by atoms with Gasteiger partial charge in [0.15, 0.2) is 0 Å². The molecule has 2 aromatic rings. The second-order valence-corrected chi connectivity index (χ2v) is 9.85. The summed E-state index contributed by atoms with van der Waals surface area (Å²) in [6.45, 7) is 4.38. The van der Waals surface area contributed by atoms with Crippen molar-refractivity contribution in [2.45, 2.75) is 19.3 Å². The van der Waals surface area contributed by atoms with E-state index in [-0.39, 0.29) is 23.7 Å². The van der Waals surface area contributed by atoms with Gasteiger partial charge in [-0.15, -0.1) is 12.4 Å². The Bertz CT molecular complexity index is 1120. The lowest BCUT2D eigenvalue weighted by Gasteiger charge is -2.36. The average molecular weight is 486 g/mol. The van der Waals surface area contributed by atoms with Crippen molar-refractivity contribution in [3.63, 3.8) is 0 Å². The van der Waals surface area contributed by atoms with E-state index in [2.05, 4.69) is 14.5 Å². The fourth-order valence-electron chi connectivity index (χ4n) is 3.84. The molecule has 9 nitrogen and oxygen atoms in total. The highest BCUT2D eigenvalue weighted by molar-refractivity contribution is 7.92. The van der Waals surface area contributed by atoms with Crippen molar-refractivity contribution in [2.24, 2.45) is 14.1 Å². The Morgan fingerprint density at radius 1 is 0.938 bits per heavy atom. The fourth-order valence-corrected chi connectivity index (χ4v) is 4.41. The Labute approximate surface area is 195 Å². The van der Waals surface area contributed by atoms with Crippen LogP contribution in [0.1, 0.15) is 18.4 Å². The maximum atomic E-state index is 12.1. The molecule has 1 aliphatic heterocycles. The highest BCUT2D eigenvalue weighted by Crippen LogP contribution is 2.15. The standard InChI is InChI=1S/C21H31N5O4S.ClH/c1-23-19(16-20(27)24(2)21(23)28)26-14-12-25(13-15-26)11-5-4-6-17-7-9-18(10-8-17)22-31(3,29)30;/h7-10,16,22H,4-6,11-15H2,1-3H3;1H. The minimum atomic E-state index is -3.25. The molecule has 178 valence electrons. The van der Waals surface area contributed by atoms with Gasteiger partial charge in [-0.25, -0.2) is 13.2 Å². The molecule has 11 heteroatoms. The monoisotopic (exact) mass is 485 g/mol. The summed E-state index contributed by atoms with van der Waals surface area (Å²) in [5.74, 6) is 0.682. The normalized spacial score (nSPS) is 14.8. The first-order valence-corrected chi connectivity index (χ1v) is 12.3. The summed E-state index contributed by atoms with van der Waals surface area (Å²) in [5.41, 5.74) is 1.19. The number of nitrogens with one attached hydrogen (secondary N) is 1. The highest BCUT2D eigenvalue weighted by Gasteiger charge is 2.20. The van der Waals surface area contributed by atoms with E-state index in [4.69, 9.17) is 0 Å². The van der Waals surface area contributed by atoms with Crippen LogP contribution in [0.15, 0.2) is 39.9 Å².